The van der Waals surface area contributed by atoms with Crippen molar-refractivity contribution in [2.75, 3.05) is 6.54 Å². The van der Waals surface area contributed by atoms with Gasteiger partial charge in [-0.25, -0.2) is 14.1 Å². The lowest BCUT2D eigenvalue weighted by Gasteiger charge is -2.06. The fourth-order valence-electron chi connectivity index (χ4n) is 2.89. The highest BCUT2D eigenvalue weighted by Crippen LogP contribution is 2.24. The monoisotopic (exact) mass is 375 g/mol. The van der Waals surface area contributed by atoms with E-state index < -0.39 is 0 Å². The summed E-state index contributed by atoms with van der Waals surface area (Å²) in [5.41, 5.74) is 2.45. The molecular formula is C21H18FN5O. The molecule has 6 nitrogen and oxygen atoms in total. The molecule has 2 heterocycles. The summed E-state index contributed by atoms with van der Waals surface area (Å²) in [6.07, 6.45) is 6.92. The van der Waals surface area contributed by atoms with Gasteiger partial charge in [0, 0.05) is 37.2 Å². The molecule has 4 aromatic rings. The Morgan fingerprint density at radius 1 is 1.07 bits per heavy atom. The van der Waals surface area contributed by atoms with Crippen molar-refractivity contribution < 1.29 is 9.18 Å². The van der Waals surface area contributed by atoms with Crippen LogP contribution in [0, 0.1) is 5.82 Å². The Hall–Kier alpha value is -3.74. The average Bonchev–Trinajstić information content (AvgIpc) is 3.39. The number of nitrogens with zero attached hydrogens (tertiary/aromatic N) is 4. The Morgan fingerprint density at radius 2 is 1.86 bits per heavy atom. The average molecular weight is 375 g/mol. The molecule has 0 bridgehead atoms. The van der Waals surface area contributed by atoms with Crippen molar-refractivity contribution in [3.63, 3.8) is 0 Å². The predicted molar refractivity (Wildman–Crippen MR) is 104 cm³/mol. The Morgan fingerprint density at radius 3 is 2.57 bits per heavy atom. The molecule has 2 aromatic carbocycles. The van der Waals surface area contributed by atoms with E-state index in [0.29, 0.717) is 29.9 Å². The summed E-state index contributed by atoms with van der Waals surface area (Å²) in [5.74, 6) is -0.570. The number of halogens is 1. The summed E-state index contributed by atoms with van der Waals surface area (Å²) in [4.78, 5) is 16.8. The third kappa shape index (κ3) is 3.83. The molecule has 0 atom stereocenters. The smallest absolute Gasteiger partial charge is 0.255 e. The molecule has 0 fully saturated rings. The van der Waals surface area contributed by atoms with Crippen LogP contribution in [-0.2, 0) is 6.54 Å². The van der Waals surface area contributed by atoms with E-state index in [1.165, 1.54) is 12.1 Å². The van der Waals surface area contributed by atoms with E-state index in [4.69, 9.17) is 0 Å². The molecule has 7 heteroatoms. The van der Waals surface area contributed by atoms with Crippen molar-refractivity contribution in [3.8, 4) is 16.9 Å². The van der Waals surface area contributed by atoms with Crippen LogP contribution < -0.4 is 5.32 Å². The Balaban J connectivity index is 1.62. The molecule has 0 spiro atoms. The highest BCUT2D eigenvalue weighted by atomic mass is 19.1. The molecule has 0 aliphatic heterocycles. The lowest BCUT2D eigenvalue weighted by Crippen LogP contribution is -2.27. The molecule has 0 aliphatic carbocycles. The number of carbonyl (C=O) groups is 1. The van der Waals surface area contributed by atoms with E-state index in [2.05, 4.69) is 15.4 Å². The van der Waals surface area contributed by atoms with Crippen molar-refractivity contribution in [2.45, 2.75) is 6.54 Å². The molecular weight excluding hydrogens is 357 g/mol. The standard InChI is InChI=1S/C21H18FN5O/c22-17-8-6-16(7-9-17)20-19(14-27(25-20)18-4-2-1-3-5-18)21(28)24-11-13-26-12-10-23-15-26/h1-10,12,14-15H,11,13H2,(H,24,28). The van der Waals surface area contributed by atoms with Gasteiger partial charge in [-0.2, -0.15) is 5.10 Å². The third-order valence-corrected chi connectivity index (χ3v) is 4.31. The third-order valence-electron chi connectivity index (χ3n) is 4.31. The number of amides is 1. The largest absolute Gasteiger partial charge is 0.350 e. The number of hydrogen-bond acceptors (Lipinski definition) is 3. The van der Waals surface area contributed by atoms with Crippen molar-refractivity contribution >= 4 is 5.91 Å². The fourth-order valence-corrected chi connectivity index (χ4v) is 2.89. The van der Waals surface area contributed by atoms with Gasteiger partial charge >= 0.3 is 0 Å². The molecule has 140 valence electrons. The summed E-state index contributed by atoms with van der Waals surface area (Å²) >= 11 is 0. The first kappa shape index (κ1) is 17.7. The van der Waals surface area contributed by atoms with Crippen LogP contribution in [0.1, 0.15) is 10.4 Å². The zero-order valence-electron chi connectivity index (χ0n) is 15.0. The minimum atomic E-state index is -0.336. The second-order valence-corrected chi connectivity index (χ2v) is 6.23. The lowest BCUT2D eigenvalue weighted by molar-refractivity contribution is 0.0953. The van der Waals surface area contributed by atoms with E-state index in [-0.39, 0.29) is 11.7 Å². The number of carbonyl (C=O) groups excluding carboxylic acids is 1. The van der Waals surface area contributed by atoms with Crippen LogP contribution in [0.15, 0.2) is 79.5 Å². The molecule has 28 heavy (non-hydrogen) atoms. The number of aromatic nitrogens is 4. The van der Waals surface area contributed by atoms with E-state index in [1.807, 2.05) is 41.1 Å². The second kappa shape index (κ2) is 7.87. The van der Waals surface area contributed by atoms with Gasteiger partial charge in [-0.15, -0.1) is 0 Å². The van der Waals surface area contributed by atoms with Crippen molar-refractivity contribution in [3.05, 3.63) is 90.9 Å². The normalized spacial score (nSPS) is 10.8. The van der Waals surface area contributed by atoms with E-state index >= 15 is 0 Å². The van der Waals surface area contributed by atoms with Gasteiger partial charge in [0.2, 0.25) is 0 Å². The second-order valence-electron chi connectivity index (χ2n) is 6.23. The molecule has 4 rings (SSSR count). The van der Waals surface area contributed by atoms with Crippen molar-refractivity contribution in [1.82, 2.24) is 24.6 Å². The van der Waals surface area contributed by atoms with Gasteiger partial charge in [-0.3, -0.25) is 4.79 Å². The Labute approximate surface area is 161 Å². The first-order valence-electron chi connectivity index (χ1n) is 8.86. The fraction of sp³-hybridized carbons (Fsp3) is 0.0952. The number of benzene rings is 2. The van der Waals surface area contributed by atoms with Crippen LogP contribution in [0.3, 0.4) is 0 Å². The summed E-state index contributed by atoms with van der Waals surface area (Å²) < 4.78 is 16.9. The van der Waals surface area contributed by atoms with E-state index in [9.17, 15) is 9.18 Å². The Bertz CT molecular complexity index is 1060. The van der Waals surface area contributed by atoms with Crippen molar-refractivity contribution in [2.24, 2.45) is 0 Å². The van der Waals surface area contributed by atoms with Crippen LogP contribution in [0.4, 0.5) is 4.39 Å². The van der Waals surface area contributed by atoms with Gasteiger partial charge in [0.25, 0.3) is 5.91 Å². The molecule has 0 unspecified atom stereocenters. The minimum Gasteiger partial charge on any atom is -0.350 e. The molecule has 1 amide bonds. The molecule has 0 saturated heterocycles. The molecule has 0 radical (unpaired) electrons. The van der Waals surface area contributed by atoms with Gasteiger partial charge in [-0.05, 0) is 36.4 Å². The minimum absolute atomic E-state index is 0.235. The zero-order chi connectivity index (χ0) is 19.3. The molecule has 2 aromatic heterocycles. The summed E-state index contributed by atoms with van der Waals surface area (Å²) in [7, 11) is 0. The lowest BCUT2D eigenvalue weighted by atomic mass is 10.1. The first-order valence-corrected chi connectivity index (χ1v) is 8.86. The highest BCUT2D eigenvalue weighted by Gasteiger charge is 2.18. The molecule has 0 aliphatic rings. The number of hydrogen-bond donors (Lipinski definition) is 1. The van der Waals surface area contributed by atoms with Gasteiger partial charge < -0.3 is 9.88 Å². The maximum absolute atomic E-state index is 13.3. The SMILES string of the molecule is O=C(NCCn1ccnc1)c1cn(-c2ccccc2)nc1-c1ccc(F)cc1. The predicted octanol–water partition coefficient (Wildman–Crippen LogP) is 3.30. The number of para-hydroxylation sites is 1. The number of rotatable bonds is 6. The van der Waals surface area contributed by atoms with Crippen molar-refractivity contribution in [1.29, 1.82) is 0 Å². The van der Waals surface area contributed by atoms with E-state index in [1.54, 1.807) is 35.5 Å². The van der Waals surface area contributed by atoms with Crippen LogP contribution in [0.2, 0.25) is 0 Å². The quantitative estimate of drug-likeness (QED) is 0.562. The zero-order valence-corrected chi connectivity index (χ0v) is 15.0. The number of nitrogens with one attached hydrogen (secondary N) is 1. The first-order chi connectivity index (χ1) is 13.7. The topological polar surface area (TPSA) is 64.7 Å². The molecule has 0 saturated carbocycles. The van der Waals surface area contributed by atoms with Crippen LogP contribution >= 0.6 is 0 Å². The Kier molecular flexibility index (Phi) is 4.97. The van der Waals surface area contributed by atoms with Crippen LogP contribution in [0.25, 0.3) is 16.9 Å². The number of imidazole rings is 1. The summed E-state index contributed by atoms with van der Waals surface area (Å²) in [5, 5.41) is 7.49. The summed E-state index contributed by atoms with van der Waals surface area (Å²) in [6.45, 7) is 1.07. The maximum atomic E-state index is 13.3. The van der Waals surface area contributed by atoms with Crippen LogP contribution in [0.5, 0.6) is 0 Å². The maximum Gasteiger partial charge on any atom is 0.255 e. The highest BCUT2D eigenvalue weighted by molar-refractivity contribution is 5.99. The molecule has 1 N–H and O–H groups in total. The summed E-state index contributed by atoms with van der Waals surface area (Å²) in [6, 6.07) is 15.5. The van der Waals surface area contributed by atoms with Gasteiger partial charge in [0.1, 0.15) is 11.5 Å². The van der Waals surface area contributed by atoms with Gasteiger partial charge in [0.15, 0.2) is 0 Å². The van der Waals surface area contributed by atoms with E-state index in [0.717, 1.165) is 5.69 Å². The van der Waals surface area contributed by atoms with Gasteiger partial charge in [-0.1, -0.05) is 18.2 Å². The van der Waals surface area contributed by atoms with Crippen LogP contribution in [-0.4, -0.2) is 31.8 Å². The van der Waals surface area contributed by atoms with Gasteiger partial charge in [0.05, 0.1) is 17.6 Å².